The minimum absolute atomic E-state index is 0.0700. The zero-order valence-corrected chi connectivity index (χ0v) is 22.4. The number of piperidine rings is 1. The molecule has 2 aliphatic rings. The Bertz CT molecular complexity index is 1650. The second-order valence-electron chi connectivity index (χ2n) is 9.40. The lowest BCUT2D eigenvalue weighted by Crippen LogP contribution is -2.40. The predicted octanol–water partition coefficient (Wildman–Crippen LogP) is 3.84. The molecule has 9 nitrogen and oxygen atoms in total. The standard InChI is InChI=1S/C28H27FN4O5S/c1-3-38-27(35)24-17(2)30-28-32(25(24)18-7-9-20(29)10-8-18)26(34)23(39-28)16-19-15-21(33(36)37)11-12-22(19)31-13-5-4-6-14-31/h7-12,15-16,25H,3-6,13-14H2,1-2H3/b23-16+/t25-/m0/s1. The monoisotopic (exact) mass is 550 g/mol. The molecule has 202 valence electrons. The van der Waals surface area contributed by atoms with E-state index in [1.54, 1.807) is 26.0 Å². The van der Waals surface area contributed by atoms with Crippen LogP contribution in [0.2, 0.25) is 0 Å². The maximum Gasteiger partial charge on any atom is 0.338 e. The van der Waals surface area contributed by atoms with E-state index in [0.29, 0.717) is 26.2 Å². The third kappa shape index (κ3) is 5.14. The van der Waals surface area contributed by atoms with Gasteiger partial charge in [0.25, 0.3) is 11.2 Å². The van der Waals surface area contributed by atoms with Gasteiger partial charge in [0.1, 0.15) is 5.82 Å². The lowest BCUT2D eigenvalue weighted by molar-refractivity contribution is -0.384. The molecule has 0 unspecified atom stereocenters. The van der Waals surface area contributed by atoms with Gasteiger partial charge in [-0.1, -0.05) is 23.5 Å². The molecule has 1 aromatic heterocycles. The van der Waals surface area contributed by atoms with Gasteiger partial charge in [-0.25, -0.2) is 14.2 Å². The van der Waals surface area contributed by atoms with Gasteiger partial charge < -0.3 is 9.64 Å². The van der Waals surface area contributed by atoms with Crippen LogP contribution in [0.15, 0.2) is 63.5 Å². The van der Waals surface area contributed by atoms with Crippen LogP contribution in [-0.4, -0.2) is 35.2 Å². The number of hydrogen-bond acceptors (Lipinski definition) is 8. The summed E-state index contributed by atoms with van der Waals surface area (Å²) in [6.45, 7) is 5.16. The predicted molar refractivity (Wildman–Crippen MR) is 146 cm³/mol. The zero-order chi connectivity index (χ0) is 27.7. The van der Waals surface area contributed by atoms with Crippen molar-refractivity contribution in [2.45, 2.75) is 39.2 Å². The Balaban J connectivity index is 1.71. The summed E-state index contributed by atoms with van der Waals surface area (Å²) >= 11 is 1.14. The molecular weight excluding hydrogens is 523 g/mol. The van der Waals surface area contributed by atoms with Gasteiger partial charge in [0.05, 0.1) is 33.4 Å². The number of rotatable bonds is 6. The summed E-state index contributed by atoms with van der Waals surface area (Å²) in [5, 5.41) is 11.6. The summed E-state index contributed by atoms with van der Waals surface area (Å²) < 4.78 is 20.8. The maximum atomic E-state index is 13.9. The van der Waals surface area contributed by atoms with E-state index in [9.17, 15) is 24.1 Å². The van der Waals surface area contributed by atoms with Crippen molar-refractivity contribution >= 4 is 34.8 Å². The van der Waals surface area contributed by atoms with Gasteiger partial charge in [-0.3, -0.25) is 19.5 Å². The molecule has 5 rings (SSSR count). The van der Waals surface area contributed by atoms with Crippen LogP contribution in [0.3, 0.4) is 0 Å². The number of hydrogen-bond donors (Lipinski definition) is 0. The average Bonchev–Trinajstić information content (AvgIpc) is 3.23. The van der Waals surface area contributed by atoms with Crippen molar-refractivity contribution in [2.24, 2.45) is 4.99 Å². The number of anilines is 1. The normalized spacial score (nSPS) is 17.6. The van der Waals surface area contributed by atoms with E-state index in [0.717, 1.165) is 49.4 Å². The van der Waals surface area contributed by atoms with E-state index in [-0.39, 0.29) is 17.9 Å². The van der Waals surface area contributed by atoms with E-state index < -0.39 is 28.3 Å². The lowest BCUT2D eigenvalue weighted by atomic mass is 9.96. The number of thiazole rings is 1. The van der Waals surface area contributed by atoms with E-state index in [2.05, 4.69) is 9.89 Å². The lowest BCUT2D eigenvalue weighted by Gasteiger charge is -2.30. The molecule has 0 radical (unpaired) electrons. The van der Waals surface area contributed by atoms with Crippen LogP contribution >= 0.6 is 11.3 Å². The van der Waals surface area contributed by atoms with Gasteiger partial charge in [0.2, 0.25) is 0 Å². The fraction of sp³-hybridized carbons (Fsp3) is 0.321. The number of non-ortho nitro benzene ring substituents is 1. The first kappa shape index (κ1) is 26.5. The van der Waals surface area contributed by atoms with Crippen molar-refractivity contribution in [3.63, 3.8) is 0 Å². The summed E-state index contributed by atoms with van der Waals surface area (Å²) in [5.41, 5.74) is 2.05. The number of carbonyl (C=O) groups is 1. The highest BCUT2D eigenvalue weighted by Gasteiger charge is 2.33. The number of fused-ring (bicyclic) bond motifs is 1. The van der Waals surface area contributed by atoms with Crippen LogP contribution < -0.4 is 19.8 Å². The van der Waals surface area contributed by atoms with Crippen molar-refractivity contribution in [1.82, 2.24) is 4.57 Å². The summed E-state index contributed by atoms with van der Waals surface area (Å²) in [7, 11) is 0. The number of allylic oxidation sites excluding steroid dienone is 1. The zero-order valence-electron chi connectivity index (χ0n) is 21.6. The van der Waals surface area contributed by atoms with Crippen molar-refractivity contribution in [3.8, 4) is 0 Å². The molecule has 3 aromatic rings. The van der Waals surface area contributed by atoms with Crippen LogP contribution in [0.4, 0.5) is 15.8 Å². The summed E-state index contributed by atoms with van der Waals surface area (Å²) in [4.78, 5) is 45.1. The molecule has 0 saturated carbocycles. The SMILES string of the molecule is CCOC(=O)C1=C(C)N=c2s/c(=C/c3cc([N+](=O)[O-])ccc3N3CCCCC3)c(=O)n2[C@H]1c1ccc(F)cc1. The third-order valence-corrected chi connectivity index (χ3v) is 7.89. The summed E-state index contributed by atoms with van der Waals surface area (Å²) in [5.74, 6) is -1.05. The number of nitro benzene ring substituents is 1. The molecule has 0 spiro atoms. The largest absolute Gasteiger partial charge is 0.463 e. The first-order chi connectivity index (χ1) is 18.8. The van der Waals surface area contributed by atoms with Gasteiger partial charge in [0.15, 0.2) is 4.80 Å². The Labute approximate surface area is 227 Å². The molecule has 1 fully saturated rings. The van der Waals surface area contributed by atoms with E-state index in [1.807, 2.05) is 0 Å². The number of carbonyl (C=O) groups excluding carboxylic acids is 1. The second kappa shape index (κ2) is 10.9. The Morgan fingerprint density at radius 2 is 1.92 bits per heavy atom. The minimum atomic E-state index is -0.866. The fourth-order valence-corrected chi connectivity index (χ4v) is 6.12. The molecule has 11 heteroatoms. The molecule has 0 N–H and O–H groups in total. The average molecular weight is 551 g/mol. The molecule has 0 amide bonds. The molecule has 0 bridgehead atoms. The van der Waals surface area contributed by atoms with E-state index in [1.165, 1.54) is 41.0 Å². The molecule has 2 aliphatic heterocycles. The number of halogens is 1. The summed E-state index contributed by atoms with van der Waals surface area (Å²) in [6, 6.07) is 9.44. The van der Waals surface area contributed by atoms with Crippen molar-refractivity contribution in [1.29, 1.82) is 0 Å². The first-order valence-corrected chi connectivity index (χ1v) is 13.6. The number of nitrogens with zero attached hydrogens (tertiary/aromatic N) is 4. The molecule has 2 aromatic carbocycles. The topological polar surface area (TPSA) is 107 Å². The number of esters is 1. The maximum absolute atomic E-state index is 13.9. The Hall–Kier alpha value is -4.12. The van der Waals surface area contributed by atoms with Crippen LogP contribution in [0.1, 0.15) is 50.3 Å². The fourth-order valence-electron chi connectivity index (χ4n) is 5.09. The Morgan fingerprint density at radius 3 is 2.59 bits per heavy atom. The first-order valence-electron chi connectivity index (χ1n) is 12.8. The van der Waals surface area contributed by atoms with Gasteiger partial charge in [-0.05, 0) is 62.9 Å². The van der Waals surface area contributed by atoms with Crippen molar-refractivity contribution in [3.05, 3.63) is 100 Å². The number of aromatic nitrogens is 1. The molecule has 39 heavy (non-hydrogen) atoms. The van der Waals surface area contributed by atoms with Gasteiger partial charge in [-0.15, -0.1) is 0 Å². The molecule has 0 aliphatic carbocycles. The number of benzene rings is 2. The molecule has 3 heterocycles. The van der Waals surface area contributed by atoms with Crippen LogP contribution in [-0.2, 0) is 9.53 Å². The van der Waals surface area contributed by atoms with Crippen molar-refractivity contribution in [2.75, 3.05) is 24.6 Å². The van der Waals surface area contributed by atoms with Gasteiger partial charge in [-0.2, -0.15) is 0 Å². The summed E-state index contributed by atoms with van der Waals surface area (Å²) in [6.07, 6.45) is 4.83. The second-order valence-corrected chi connectivity index (χ2v) is 10.4. The smallest absolute Gasteiger partial charge is 0.338 e. The quantitative estimate of drug-likeness (QED) is 0.262. The number of nitro groups is 1. The Kier molecular flexibility index (Phi) is 7.42. The van der Waals surface area contributed by atoms with E-state index >= 15 is 0 Å². The Morgan fingerprint density at radius 1 is 1.21 bits per heavy atom. The highest BCUT2D eigenvalue weighted by atomic mass is 32.1. The van der Waals surface area contributed by atoms with E-state index in [4.69, 9.17) is 4.74 Å². The van der Waals surface area contributed by atoms with Gasteiger partial charge in [0, 0.05) is 36.5 Å². The van der Waals surface area contributed by atoms with Crippen LogP contribution in [0.5, 0.6) is 0 Å². The highest BCUT2D eigenvalue weighted by molar-refractivity contribution is 7.07. The van der Waals surface area contributed by atoms with Crippen LogP contribution in [0, 0.1) is 15.9 Å². The van der Waals surface area contributed by atoms with Crippen LogP contribution in [0.25, 0.3) is 6.08 Å². The molecule has 1 saturated heterocycles. The van der Waals surface area contributed by atoms with Gasteiger partial charge >= 0.3 is 5.97 Å². The molecular formula is C28H27FN4O5S. The minimum Gasteiger partial charge on any atom is -0.463 e. The molecule has 1 atom stereocenters. The number of ether oxygens (including phenoxy) is 1. The highest BCUT2D eigenvalue weighted by Crippen LogP contribution is 2.31. The third-order valence-electron chi connectivity index (χ3n) is 6.91. The van der Waals surface area contributed by atoms with Crippen molar-refractivity contribution < 1.29 is 18.8 Å².